The lowest BCUT2D eigenvalue weighted by Gasteiger charge is -2.05. The fourth-order valence-corrected chi connectivity index (χ4v) is 2.89. The van der Waals surface area contributed by atoms with Gasteiger partial charge in [-0.15, -0.1) is 0 Å². The Bertz CT molecular complexity index is 728. The lowest BCUT2D eigenvalue weighted by molar-refractivity contribution is 0.695. The molecule has 1 heterocycles. The van der Waals surface area contributed by atoms with Gasteiger partial charge < -0.3 is 15.6 Å². The second kappa shape index (κ2) is 5.65. The summed E-state index contributed by atoms with van der Waals surface area (Å²) >= 11 is 0. The van der Waals surface area contributed by atoms with Crippen LogP contribution in [0.5, 0.6) is 0 Å². The third-order valence-corrected chi connectivity index (χ3v) is 3.80. The Labute approximate surface area is 119 Å². The number of aromatic nitrogens is 1. The summed E-state index contributed by atoms with van der Waals surface area (Å²) < 4.78 is 2.38. The molecule has 0 aliphatic rings. The number of hydrogen-bond acceptors (Lipinski definition) is 2. The van der Waals surface area contributed by atoms with Gasteiger partial charge in [-0.05, 0) is 30.7 Å². The molecule has 1 aromatic heterocycles. The molecule has 20 heavy (non-hydrogen) atoms. The number of hydrogen-bond donors (Lipinski definition) is 2. The van der Waals surface area contributed by atoms with Crippen molar-refractivity contribution in [1.82, 2.24) is 9.88 Å². The standard InChI is InChI=1S/C17H21N3/c1-2-20-16-6-4-3-5-14(16)15-11-13(7-8-17(15)20)12-19-10-9-18/h3-8,11,19H,2,9-10,12,18H2,1H3. The summed E-state index contributed by atoms with van der Waals surface area (Å²) in [6.07, 6.45) is 0. The highest BCUT2D eigenvalue weighted by atomic mass is 15.0. The molecule has 2 aromatic carbocycles. The zero-order valence-corrected chi connectivity index (χ0v) is 11.9. The van der Waals surface area contributed by atoms with Gasteiger partial charge in [0.05, 0.1) is 0 Å². The van der Waals surface area contributed by atoms with E-state index in [1.165, 1.54) is 27.4 Å². The highest BCUT2D eigenvalue weighted by molar-refractivity contribution is 6.08. The van der Waals surface area contributed by atoms with Crippen LogP contribution >= 0.6 is 0 Å². The molecule has 0 fully saturated rings. The molecule has 3 N–H and O–H groups in total. The maximum Gasteiger partial charge on any atom is 0.0491 e. The van der Waals surface area contributed by atoms with E-state index in [1.807, 2.05) is 0 Å². The summed E-state index contributed by atoms with van der Waals surface area (Å²) in [6.45, 7) is 5.60. The van der Waals surface area contributed by atoms with E-state index in [2.05, 4.69) is 59.3 Å². The molecule has 3 aromatic rings. The second-order valence-electron chi connectivity index (χ2n) is 5.08. The maximum absolute atomic E-state index is 5.51. The van der Waals surface area contributed by atoms with E-state index in [1.54, 1.807) is 0 Å². The molecule has 0 bridgehead atoms. The van der Waals surface area contributed by atoms with Gasteiger partial charge >= 0.3 is 0 Å². The number of aryl methyl sites for hydroxylation is 1. The van der Waals surface area contributed by atoms with Crippen molar-refractivity contribution in [2.75, 3.05) is 13.1 Å². The van der Waals surface area contributed by atoms with E-state index in [9.17, 15) is 0 Å². The number of nitrogens with two attached hydrogens (primary N) is 1. The van der Waals surface area contributed by atoms with Gasteiger partial charge in [0, 0.05) is 48.0 Å². The van der Waals surface area contributed by atoms with Crippen molar-refractivity contribution in [3.05, 3.63) is 48.0 Å². The highest BCUT2D eigenvalue weighted by Gasteiger charge is 2.09. The van der Waals surface area contributed by atoms with Crippen molar-refractivity contribution in [3.63, 3.8) is 0 Å². The summed E-state index contributed by atoms with van der Waals surface area (Å²) in [5.41, 5.74) is 9.46. The molecule has 3 nitrogen and oxygen atoms in total. The van der Waals surface area contributed by atoms with Crippen LogP contribution in [0.2, 0.25) is 0 Å². The minimum absolute atomic E-state index is 0.678. The van der Waals surface area contributed by atoms with Crippen molar-refractivity contribution >= 4 is 21.8 Å². The zero-order valence-electron chi connectivity index (χ0n) is 11.9. The predicted octanol–water partition coefficient (Wildman–Crippen LogP) is 2.86. The Balaban J connectivity index is 2.11. The molecule has 0 aliphatic carbocycles. The van der Waals surface area contributed by atoms with Gasteiger partial charge in [0.2, 0.25) is 0 Å². The Kier molecular flexibility index (Phi) is 3.72. The predicted molar refractivity (Wildman–Crippen MR) is 85.9 cm³/mol. The van der Waals surface area contributed by atoms with Gasteiger partial charge in [0.1, 0.15) is 0 Å². The van der Waals surface area contributed by atoms with Crippen molar-refractivity contribution < 1.29 is 0 Å². The van der Waals surface area contributed by atoms with Crippen molar-refractivity contribution in [1.29, 1.82) is 0 Å². The van der Waals surface area contributed by atoms with E-state index < -0.39 is 0 Å². The van der Waals surface area contributed by atoms with E-state index in [0.29, 0.717) is 6.54 Å². The molecule has 0 radical (unpaired) electrons. The van der Waals surface area contributed by atoms with Crippen LogP contribution in [0.25, 0.3) is 21.8 Å². The first-order valence-electron chi connectivity index (χ1n) is 7.25. The molecule has 0 saturated carbocycles. The van der Waals surface area contributed by atoms with Gasteiger partial charge in [0.15, 0.2) is 0 Å². The Morgan fingerprint density at radius 1 is 1.05 bits per heavy atom. The largest absolute Gasteiger partial charge is 0.341 e. The molecule has 3 heteroatoms. The number of nitrogens with one attached hydrogen (secondary N) is 1. The van der Waals surface area contributed by atoms with Crippen molar-refractivity contribution in [2.24, 2.45) is 5.73 Å². The topological polar surface area (TPSA) is 43.0 Å². The number of nitrogens with zero attached hydrogens (tertiary/aromatic N) is 1. The monoisotopic (exact) mass is 267 g/mol. The van der Waals surface area contributed by atoms with Crippen LogP contribution in [-0.2, 0) is 13.1 Å². The first-order chi connectivity index (χ1) is 9.85. The van der Waals surface area contributed by atoms with E-state index >= 15 is 0 Å². The van der Waals surface area contributed by atoms with Crippen LogP contribution in [0, 0.1) is 0 Å². The van der Waals surface area contributed by atoms with Crippen LogP contribution < -0.4 is 11.1 Å². The summed E-state index contributed by atoms with van der Waals surface area (Å²) in [5.74, 6) is 0. The van der Waals surface area contributed by atoms with Gasteiger partial charge in [-0.2, -0.15) is 0 Å². The minimum Gasteiger partial charge on any atom is -0.341 e. The SMILES string of the molecule is CCn1c2ccccc2c2cc(CNCCN)ccc21. The van der Waals surface area contributed by atoms with Crippen LogP contribution in [0.4, 0.5) is 0 Å². The van der Waals surface area contributed by atoms with Gasteiger partial charge in [-0.25, -0.2) is 0 Å². The van der Waals surface area contributed by atoms with Gasteiger partial charge in [0.25, 0.3) is 0 Å². The molecule has 104 valence electrons. The van der Waals surface area contributed by atoms with Crippen molar-refractivity contribution in [2.45, 2.75) is 20.0 Å². The van der Waals surface area contributed by atoms with Gasteiger partial charge in [-0.1, -0.05) is 24.3 Å². The van der Waals surface area contributed by atoms with E-state index in [4.69, 9.17) is 5.73 Å². The Morgan fingerprint density at radius 2 is 1.85 bits per heavy atom. The lowest BCUT2D eigenvalue weighted by atomic mass is 10.1. The van der Waals surface area contributed by atoms with E-state index in [0.717, 1.165) is 19.6 Å². The van der Waals surface area contributed by atoms with Crippen LogP contribution in [0.3, 0.4) is 0 Å². The Morgan fingerprint density at radius 3 is 2.65 bits per heavy atom. The van der Waals surface area contributed by atoms with E-state index in [-0.39, 0.29) is 0 Å². The fourth-order valence-electron chi connectivity index (χ4n) is 2.89. The molecule has 0 spiro atoms. The summed E-state index contributed by atoms with van der Waals surface area (Å²) in [6, 6.07) is 15.4. The number of rotatable bonds is 5. The summed E-state index contributed by atoms with van der Waals surface area (Å²) in [5, 5.41) is 6.03. The molecule has 0 aliphatic heterocycles. The fraction of sp³-hybridized carbons (Fsp3) is 0.294. The average Bonchev–Trinajstić information content (AvgIpc) is 2.81. The first-order valence-corrected chi connectivity index (χ1v) is 7.25. The maximum atomic E-state index is 5.51. The number of benzene rings is 2. The van der Waals surface area contributed by atoms with Crippen LogP contribution in [0.15, 0.2) is 42.5 Å². The number of fused-ring (bicyclic) bond motifs is 3. The normalized spacial score (nSPS) is 11.5. The summed E-state index contributed by atoms with van der Waals surface area (Å²) in [4.78, 5) is 0. The molecule has 3 rings (SSSR count). The molecule has 0 atom stereocenters. The molecular formula is C17H21N3. The number of para-hydroxylation sites is 1. The zero-order chi connectivity index (χ0) is 13.9. The molecule has 0 unspecified atom stereocenters. The average molecular weight is 267 g/mol. The smallest absolute Gasteiger partial charge is 0.0491 e. The second-order valence-corrected chi connectivity index (χ2v) is 5.08. The highest BCUT2D eigenvalue weighted by Crippen LogP contribution is 2.29. The quantitative estimate of drug-likeness (QED) is 0.698. The lowest BCUT2D eigenvalue weighted by Crippen LogP contribution is -2.21. The summed E-state index contributed by atoms with van der Waals surface area (Å²) in [7, 11) is 0. The Hall–Kier alpha value is -1.84. The van der Waals surface area contributed by atoms with Crippen molar-refractivity contribution in [3.8, 4) is 0 Å². The molecular weight excluding hydrogens is 246 g/mol. The third-order valence-electron chi connectivity index (χ3n) is 3.80. The molecule has 0 amide bonds. The van der Waals surface area contributed by atoms with Gasteiger partial charge in [-0.3, -0.25) is 0 Å². The molecule has 0 saturated heterocycles. The third kappa shape index (κ3) is 2.19. The van der Waals surface area contributed by atoms with Crippen LogP contribution in [-0.4, -0.2) is 17.7 Å². The first kappa shape index (κ1) is 13.2. The van der Waals surface area contributed by atoms with Crippen LogP contribution in [0.1, 0.15) is 12.5 Å². The minimum atomic E-state index is 0.678.